The van der Waals surface area contributed by atoms with E-state index in [-0.39, 0.29) is 37.5 Å². The SMILES string of the molecule is CC/C=C\C/C=C\C/C=C\C/C=C\C/C=C\CCCC(=O)OC[C@@H](COC(=O)CCCCCCCCCCCCCC)OC(=O)CCCCCCCCCCCCCCC. The minimum Gasteiger partial charge on any atom is -0.462 e. The van der Waals surface area contributed by atoms with Crippen LogP contribution in [0.15, 0.2) is 60.8 Å². The molecule has 0 aromatic carbocycles. The molecule has 1 atom stereocenters. The fraction of sp³-hybridized carbons (Fsp3) is 0.759. The second kappa shape index (κ2) is 48.8. The normalized spacial score (nSPS) is 12.5. The zero-order valence-corrected chi connectivity index (χ0v) is 39.5. The monoisotopic (exact) mass is 839 g/mol. The van der Waals surface area contributed by atoms with Gasteiger partial charge in [0.25, 0.3) is 0 Å². The van der Waals surface area contributed by atoms with E-state index in [1.165, 1.54) is 122 Å². The minimum absolute atomic E-state index is 0.0885. The van der Waals surface area contributed by atoms with E-state index in [1.807, 2.05) is 0 Å². The summed E-state index contributed by atoms with van der Waals surface area (Å²) < 4.78 is 16.7. The van der Waals surface area contributed by atoms with Gasteiger partial charge in [-0.05, 0) is 57.8 Å². The fourth-order valence-corrected chi connectivity index (χ4v) is 7.01. The molecular formula is C54H94O6. The van der Waals surface area contributed by atoms with Crippen molar-refractivity contribution >= 4 is 17.9 Å². The van der Waals surface area contributed by atoms with E-state index in [4.69, 9.17) is 14.2 Å². The van der Waals surface area contributed by atoms with E-state index in [1.54, 1.807) is 0 Å². The molecule has 0 spiro atoms. The van der Waals surface area contributed by atoms with Crippen molar-refractivity contribution < 1.29 is 28.6 Å². The maximum atomic E-state index is 12.8. The summed E-state index contributed by atoms with van der Waals surface area (Å²) in [6.07, 6.45) is 59.2. The van der Waals surface area contributed by atoms with E-state index in [9.17, 15) is 14.4 Å². The summed E-state index contributed by atoms with van der Waals surface area (Å²) >= 11 is 0. The Balaban J connectivity index is 4.45. The molecule has 0 aliphatic heterocycles. The van der Waals surface area contributed by atoms with E-state index < -0.39 is 6.10 Å². The summed E-state index contributed by atoms with van der Waals surface area (Å²) in [6, 6.07) is 0. The Labute approximate surface area is 370 Å². The molecule has 60 heavy (non-hydrogen) atoms. The van der Waals surface area contributed by atoms with Crippen molar-refractivity contribution in [3.8, 4) is 0 Å². The first-order chi connectivity index (χ1) is 29.5. The van der Waals surface area contributed by atoms with Crippen LogP contribution in [0.1, 0.15) is 245 Å². The van der Waals surface area contributed by atoms with Crippen LogP contribution in [0.25, 0.3) is 0 Å². The van der Waals surface area contributed by atoms with Gasteiger partial charge in [0.1, 0.15) is 13.2 Å². The number of allylic oxidation sites excluding steroid dienone is 10. The first-order valence-electron chi connectivity index (χ1n) is 25.3. The molecule has 346 valence electrons. The molecule has 0 fully saturated rings. The molecule has 6 nitrogen and oxygen atoms in total. The largest absolute Gasteiger partial charge is 0.462 e. The van der Waals surface area contributed by atoms with Crippen molar-refractivity contribution in [3.05, 3.63) is 60.8 Å². The molecule has 0 aliphatic rings. The molecule has 0 amide bonds. The highest BCUT2D eigenvalue weighted by atomic mass is 16.6. The number of carbonyl (C=O) groups excluding carboxylic acids is 3. The molecule has 6 heteroatoms. The third kappa shape index (κ3) is 46.2. The molecule has 0 heterocycles. The molecule has 0 aromatic rings. The van der Waals surface area contributed by atoms with E-state index in [0.29, 0.717) is 19.3 Å². The van der Waals surface area contributed by atoms with Gasteiger partial charge < -0.3 is 14.2 Å². The van der Waals surface area contributed by atoms with Crippen molar-refractivity contribution in [1.29, 1.82) is 0 Å². The predicted molar refractivity (Wildman–Crippen MR) is 256 cm³/mol. The van der Waals surface area contributed by atoms with Gasteiger partial charge in [-0.25, -0.2) is 0 Å². The fourth-order valence-electron chi connectivity index (χ4n) is 7.01. The Hall–Kier alpha value is -2.89. The highest BCUT2D eigenvalue weighted by Gasteiger charge is 2.19. The Morgan fingerprint density at radius 2 is 0.650 bits per heavy atom. The van der Waals surface area contributed by atoms with Crippen LogP contribution in [0.5, 0.6) is 0 Å². The van der Waals surface area contributed by atoms with Gasteiger partial charge in [0.2, 0.25) is 0 Å². The topological polar surface area (TPSA) is 78.9 Å². The standard InChI is InChI=1S/C54H94O6/c1-4-7-10-13-16-19-22-25-26-27-28-30-32-35-38-41-44-47-53(56)59-50-51(49-58-52(55)46-43-40-37-34-31-24-21-18-15-12-9-6-3)60-54(57)48-45-42-39-36-33-29-23-20-17-14-11-8-5-2/h7,10,16,19,25-26,28,30,35,38,51H,4-6,8-9,11-15,17-18,20-24,27,29,31-34,36-37,39-50H2,1-3H3/b10-7-,19-16-,26-25-,30-28-,38-35-/t51-/m1/s1. The van der Waals surface area contributed by atoms with Crippen LogP contribution in [0.2, 0.25) is 0 Å². The van der Waals surface area contributed by atoms with Crippen molar-refractivity contribution in [1.82, 2.24) is 0 Å². The summed E-state index contributed by atoms with van der Waals surface area (Å²) in [5, 5.41) is 0. The quantitative estimate of drug-likeness (QED) is 0.0263. The van der Waals surface area contributed by atoms with Gasteiger partial charge >= 0.3 is 17.9 Å². The van der Waals surface area contributed by atoms with E-state index in [0.717, 1.165) is 77.0 Å². The average molecular weight is 839 g/mol. The van der Waals surface area contributed by atoms with Crippen LogP contribution >= 0.6 is 0 Å². The molecule has 0 bridgehead atoms. The number of carbonyl (C=O) groups is 3. The molecule has 0 aliphatic carbocycles. The van der Waals surface area contributed by atoms with Crippen LogP contribution in [0.3, 0.4) is 0 Å². The number of hydrogen-bond acceptors (Lipinski definition) is 6. The minimum atomic E-state index is -0.791. The number of ether oxygens (including phenoxy) is 3. The molecule has 0 unspecified atom stereocenters. The van der Waals surface area contributed by atoms with Gasteiger partial charge in [0.15, 0.2) is 6.10 Å². The number of hydrogen-bond donors (Lipinski definition) is 0. The number of esters is 3. The molecule has 0 N–H and O–H groups in total. The third-order valence-corrected chi connectivity index (χ3v) is 10.8. The molecule has 0 saturated heterocycles. The first kappa shape index (κ1) is 57.1. The van der Waals surface area contributed by atoms with Gasteiger partial charge in [0.05, 0.1) is 0 Å². The second-order valence-electron chi connectivity index (χ2n) is 16.7. The first-order valence-corrected chi connectivity index (χ1v) is 25.3. The van der Waals surface area contributed by atoms with E-state index in [2.05, 4.69) is 81.5 Å². The average Bonchev–Trinajstić information content (AvgIpc) is 3.24. The lowest BCUT2D eigenvalue weighted by Gasteiger charge is -2.18. The summed E-state index contributed by atoms with van der Waals surface area (Å²) in [5.41, 5.74) is 0. The summed E-state index contributed by atoms with van der Waals surface area (Å²) in [5.74, 6) is -0.944. The van der Waals surface area contributed by atoms with Crippen molar-refractivity contribution in [2.75, 3.05) is 13.2 Å². The molecule has 0 rings (SSSR count). The smallest absolute Gasteiger partial charge is 0.306 e. The van der Waals surface area contributed by atoms with Gasteiger partial charge in [-0.15, -0.1) is 0 Å². The summed E-state index contributed by atoms with van der Waals surface area (Å²) in [6.45, 7) is 6.48. The Morgan fingerprint density at radius 1 is 0.350 bits per heavy atom. The Bertz CT molecular complexity index is 1100. The zero-order chi connectivity index (χ0) is 43.7. The number of rotatable bonds is 45. The molecule has 0 radical (unpaired) electrons. The van der Waals surface area contributed by atoms with Crippen LogP contribution in [-0.4, -0.2) is 37.2 Å². The maximum Gasteiger partial charge on any atom is 0.306 e. The van der Waals surface area contributed by atoms with Crippen molar-refractivity contribution in [2.24, 2.45) is 0 Å². The van der Waals surface area contributed by atoms with Gasteiger partial charge in [-0.1, -0.05) is 229 Å². The highest BCUT2D eigenvalue weighted by Crippen LogP contribution is 2.15. The predicted octanol–water partition coefficient (Wildman–Crippen LogP) is 16.5. The second-order valence-corrected chi connectivity index (χ2v) is 16.7. The highest BCUT2D eigenvalue weighted by molar-refractivity contribution is 5.71. The molecule has 0 saturated carbocycles. The van der Waals surface area contributed by atoms with Crippen molar-refractivity contribution in [3.63, 3.8) is 0 Å². The summed E-state index contributed by atoms with van der Waals surface area (Å²) in [7, 11) is 0. The van der Waals surface area contributed by atoms with Gasteiger partial charge in [-0.2, -0.15) is 0 Å². The van der Waals surface area contributed by atoms with Crippen LogP contribution in [0, 0.1) is 0 Å². The third-order valence-electron chi connectivity index (χ3n) is 10.8. The number of unbranched alkanes of at least 4 members (excludes halogenated alkanes) is 24. The van der Waals surface area contributed by atoms with Crippen LogP contribution in [0.4, 0.5) is 0 Å². The Morgan fingerprint density at radius 3 is 1.02 bits per heavy atom. The maximum absolute atomic E-state index is 12.8. The van der Waals surface area contributed by atoms with E-state index >= 15 is 0 Å². The van der Waals surface area contributed by atoms with Gasteiger partial charge in [0, 0.05) is 19.3 Å². The Kier molecular flexibility index (Phi) is 46.4. The van der Waals surface area contributed by atoms with Crippen LogP contribution in [-0.2, 0) is 28.6 Å². The van der Waals surface area contributed by atoms with Crippen LogP contribution < -0.4 is 0 Å². The molecule has 0 aromatic heterocycles. The molecular weight excluding hydrogens is 745 g/mol. The lowest BCUT2D eigenvalue weighted by Crippen LogP contribution is -2.30. The van der Waals surface area contributed by atoms with Gasteiger partial charge in [-0.3, -0.25) is 14.4 Å². The van der Waals surface area contributed by atoms with Crippen molar-refractivity contribution in [2.45, 2.75) is 252 Å². The lowest BCUT2D eigenvalue weighted by atomic mass is 10.0. The summed E-state index contributed by atoms with van der Waals surface area (Å²) in [4.78, 5) is 37.9. The lowest BCUT2D eigenvalue weighted by molar-refractivity contribution is -0.167. The zero-order valence-electron chi connectivity index (χ0n) is 39.5.